The highest BCUT2D eigenvalue weighted by Gasteiger charge is 2.19. The van der Waals surface area contributed by atoms with Crippen LogP contribution in [0.1, 0.15) is 11.3 Å². The smallest absolute Gasteiger partial charge is 0.153 e. The molecule has 0 saturated carbocycles. The van der Waals surface area contributed by atoms with Gasteiger partial charge in [-0.05, 0) is 42.8 Å². The van der Waals surface area contributed by atoms with E-state index in [1.165, 1.54) is 5.56 Å². The Morgan fingerprint density at radius 1 is 1.00 bits per heavy atom. The summed E-state index contributed by atoms with van der Waals surface area (Å²) in [7, 11) is 0. The molecule has 1 fully saturated rings. The molecule has 4 aromatic rings. The van der Waals surface area contributed by atoms with Crippen molar-refractivity contribution in [2.45, 2.75) is 13.5 Å². The molecular weight excluding hydrogens is 350 g/mol. The second kappa shape index (κ2) is 7.13. The van der Waals surface area contributed by atoms with Crippen molar-refractivity contribution in [3.05, 3.63) is 72.2 Å². The molecule has 6 heteroatoms. The number of rotatable bonds is 4. The van der Waals surface area contributed by atoms with Gasteiger partial charge in [-0.1, -0.05) is 18.2 Å². The van der Waals surface area contributed by atoms with Crippen LogP contribution in [0.2, 0.25) is 0 Å². The van der Waals surface area contributed by atoms with Crippen molar-refractivity contribution in [3.63, 3.8) is 0 Å². The van der Waals surface area contributed by atoms with Crippen molar-refractivity contribution in [3.8, 4) is 11.3 Å². The highest BCUT2D eigenvalue weighted by molar-refractivity contribution is 5.58. The number of piperazine rings is 1. The zero-order valence-electron chi connectivity index (χ0n) is 16.0. The van der Waals surface area contributed by atoms with Crippen molar-refractivity contribution in [1.82, 2.24) is 19.5 Å². The lowest BCUT2D eigenvalue weighted by molar-refractivity contribution is 0.249. The Labute approximate surface area is 164 Å². The number of furan rings is 1. The highest BCUT2D eigenvalue weighted by atomic mass is 16.3. The first-order valence-corrected chi connectivity index (χ1v) is 9.68. The molecule has 0 radical (unpaired) electrons. The molecule has 0 unspecified atom stereocenters. The van der Waals surface area contributed by atoms with Crippen molar-refractivity contribution in [2.75, 3.05) is 31.1 Å². The Morgan fingerprint density at radius 2 is 1.89 bits per heavy atom. The molecule has 1 aliphatic heterocycles. The van der Waals surface area contributed by atoms with Crippen LogP contribution in [0.4, 0.5) is 5.82 Å². The normalized spacial score (nSPS) is 15.4. The minimum absolute atomic E-state index is 0.883. The average Bonchev–Trinajstić information content (AvgIpc) is 3.37. The van der Waals surface area contributed by atoms with Gasteiger partial charge in [0, 0.05) is 50.7 Å². The maximum atomic E-state index is 5.77. The van der Waals surface area contributed by atoms with Crippen molar-refractivity contribution in [1.29, 1.82) is 0 Å². The molecule has 1 saturated heterocycles. The number of hydrogen-bond acceptors (Lipinski definition) is 5. The van der Waals surface area contributed by atoms with E-state index >= 15 is 0 Å². The molecule has 5 rings (SSSR count). The SMILES string of the molecule is Cc1ccc(-c2cccc(CN3CCN(c4ccc5nccn5n4)CC3)c2)o1. The van der Waals surface area contributed by atoms with Gasteiger partial charge in [-0.3, -0.25) is 4.90 Å². The summed E-state index contributed by atoms with van der Waals surface area (Å²) in [5.74, 6) is 2.89. The van der Waals surface area contributed by atoms with E-state index in [0.717, 1.165) is 61.3 Å². The Hall–Kier alpha value is -3.12. The van der Waals surface area contributed by atoms with E-state index in [1.807, 2.05) is 35.8 Å². The maximum absolute atomic E-state index is 5.77. The number of imidazole rings is 1. The van der Waals surface area contributed by atoms with E-state index in [-0.39, 0.29) is 0 Å². The van der Waals surface area contributed by atoms with Crippen LogP contribution in [-0.4, -0.2) is 45.7 Å². The van der Waals surface area contributed by atoms with E-state index in [2.05, 4.69) is 50.2 Å². The van der Waals surface area contributed by atoms with Crippen LogP contribution < -0.4 is 4.90 Å². The van der Waals surface area contributed by atoms with Crippen molar-refractivity contribution >= 4 is 11.5 Å². The van der Waals surface area contributed by atoms with Gasteiger partial charge in [0.05, 0.1) is 0 Å². The predicted molar refractivity (Wildman–Crippen MR) is 109 cm³/mol. The topological polar surface area (TPSA) is 49.8 Å². The second-order valence-corrected chi connectivity index (χ2v) is 7.30. The molecule has 1 aromatic carbocycles. The Bertz CT molecular complexity index is 1090. The van der Waals surface area contributed by atoms with Crippen LogP contribution in [-0.2, 0) is 6.54 Å². The summed E-state index contributed by atoms with van der Waals surface area (Å²) in [5.41, 5.74) is 3.34. The molecule has 0 amide bonds. The molecule has 28 heavy (non-hydrogen) atoms. The van der Waals surface area contributed by atoms with Gasteiger partial charge < -0.3 is 9.32 Å². The fourth-order valence-electron chi connectivity index (χ4n) is 3.78. The van der Waals surface area contributed by atoms with Crippen molar-refractivity contribution < 1.29 is 4.42 Å². The second-order valence-electron chi connectivity index (χ2n) is 7.30. The van der Waals surface area contributed by atoms with Crippen LogP contribution in [0, 0.1) is 6.92 Å². The zero-order valence-corrected chi connectivity index (χ0v) is 16.0. The van der Waals surface area contributed by atoms with E-state index in [1.54, 1.807) is 6.20 Å². The van der Waals surface area contributed by atoms with Crippen LogP contribution in [0.25, 0.3) is 17.0 Å². The summed E-state index contributed by atoms with van der Waals surface area (Å²) in [5, 5.41) is 4.67. The van der Waals surface area contributed by atoms with Gasteiger partial charge in [0.25, 0.3) is 0 Å². The first kappa shape index (κ1) is 17.0. The number of hydrogen-bond donors (Lipinski definition) is 0. The number of aromatic nitrogens is 3. The molecule has 1 aliphatic rings. The molecule has 3 aromatic heterocycles. The summed E-state index contributed by atoms with van der Waals surface area (Å²) in [4.78, 5) is 9.11. The monoisotopic (exact) mass is 373 g/mol. The minimum atomic E-state index is 0.883. The van der Waals surface area contributed by atoms with Gasteiger partial charge in [0.15, 0.2) is 5.65 Å². The van der Waals surface area contributed by atoms with Gasteiger partial charge in [-0.25, -0.2) is 9.50 Å². The lowest BCUT2D eigenvalue weighted by atomic mass is 10.1. The third kappa shape index (κ3) is 3.39. The van der Waals surface area contributed by atoms with E-state index in [4.69, 9.17) is 4.42 Å². The fraction of sp³-hybridized carbons (Fsp3) is 0.273. The number of fused-ring (bicyclic) bond motifs is 1. The standard InChI is InChI=1S/C22H23N5O/c1-17-5-6-20(28-17)19-4-2-3-18(15-19)16-25-11-13-26(14-12-25)22-8-7-21-23-9-10-27(21)24-22/h2-10,15H,11-14,16H2,1H3. The van der Waals surface area contributed by atoms with Crippen LogP contribution in [0.5, 0.6) is 0 Å². The van der Waals surface area contributed by atoms with Gasteiger partial charge >= 0.3 is 0 Å². The predicted octanol–water partition coefficient (Wildman–Crippen LogP) is 3.62. The van der Waals surface area contributed by atoms with Gasteiger partial charge in [-0.15, -0.1) is 5.10 Å². The number of nitrogens with zero attached hydrogens (tertiary/aromatic N) is 5. The molecule has 0 atom stereocenters. The quantitative estimate of drug-likeness (QED) is 0.547. The Balaban J connectivity index is 1.23. The molecule has 0 aliphatic carbocycles. The largest absolute Gasteiger partial charge is 0.461 e. The molecule has 4 heterocycles. The Kier molecular flexibility index (Phi) is 4.33. The summed E-state index contributed by atoms with van der Waals surface area (Å²) in [6, 6.07) is 16.8. The van der Waals surface area contributed by atoms with Crippen LogP contribution >= 0.6 is 0 Å². The number of benzene rings is 1. The van der Waals surface area contributed by atoms with Gasteiger partial charge in [0.2, 0.25) is 0 Å². The van der Waals surface area contributed by atoms with E-state index < -0.39 is 0 Å². The molecular formula is C22H23N5O. The highest BCUT2D eigenvalue weighted by Crippen LogP contribution is 2.24. The average molecular weight is 373 g/mol. The minimum Gasteiger partial charge on any atom is -0.461 e. The van der Waals surface area contributed by atoms with Crippen molar-refractivity contribution in [2.24, 2.45) is 0 Å². The first-order chi connectivity index (χ1) is 13.7. The molecule has 142 valence electrons. The summed E-state index contributed by atoms with van der Waals surface area (Å²) < 4.78 is 7.61. The third-order valence-electron chi connectivity index (χ3n) is 5.30. The van der Waals surface area contributed by atoms with E-state index in [0.29, 0.717) is 0 Å². The molecule has 0 bridgehead atoms. The molecule has 0 spiro atoms. The lowest BCUT2D eigenvalue weighted by Crippen LogP contribution is -2.46. The maximum Gasteiger partial charge on any atom is 0.153 e. The lowest BCUT2D eigenvalue weighted by Gasteiger charge is -2.35. The van der Waals surface area contributed by atoms with E-state index in [9.17, 15) is 0 Å². The fourth-order valence-corrected chi connectivity index (χ4v) is 3.78. The number of anilines is 1. The van der Waals surface area contributed by atoms with Crippen LogP contribution in [0.15, 0.2) is 65.3 Å². The summed E-state index contributed by atoms with van der Waals surface area (Å²) in [6.07, 6.45) is 3.67. The zero-order chi connectivity index (χ0) is 18.9. The van der Waals surface area contributed by atoms with Crippen LogP contribution in [0.3, 0.4) is 0 Å². The summed E-state index contributed by atoms with van der Waals surface area (Å²) >= 11 is 0. The molecule has 0 N–H and O–H groups in total. The first-order valence-electron chi connectivity index (χ1n) is 9.68. The Morgan fingerprint density at radius 3 is 2.71 bits per heavy atom. The summed E-state index contributed by atoms with van der Waals surface area (Å²) in [6.45, 7) is 6.93. The molecule has 6 nitrogen and oxygen atoms in total. The number of aryl methyl sites for hydroxylation is 1. The van der Waals surface area contributed by atoms with Gasteiger partial charge in [-0.2, -0.15) is 0 Å². The third-order valence-corrected chi connectivity index (χ3v) is 5.30. The van der Waals surface area contributed by atoms with Gasteiger partial charge in [0.1, 0.15) is 17.3 Å².